The van der Waals surface area contributed by atoms with Gasteiger partial charge in [0.2, 0.25) is 5.82 Å². The highest BCUT2D eigenvalue weighted by Gasteiger charge is 2.30. The molecule has 9 nitrogen and oxygen atoms in total. The molecule has 0 bridgehead atoms. The van der Waals surface area contributed by atoms with Crippen LogP contribution < -0.4 is 14.2 Å². The van der Waals surface area contributed by atoms with Gasteiger partial charge in [0.15, 0.2) is 17.2 Å². The highest BCUT2D eigenvalue weighted by Crippen LogP contribution is 2.37. The van der Waals surface area contributed by atoms with Crippen LogP contribution in [-0.4, -0.2) is 64.1 Å². The average Bonchev–Trinajstić information content (AvgIpc) is 3.34. The highest BCUT2D eigenvalue weighted by molar-refractivity contribution is 5.96. The second-order valence-electron chi connectivity index (χ2n) is 9.19. The number of nitrogens with zero attached hydrogens (tertiary/aromatic N) is 4. The van der Waals surface area contributed by atoms with Crippen molar-refractivity contribution in [1.29, 1.82) is 0 Å². The van der Waals surface area contributed by atoms with Crippen molar-refractivity contribution in [2.45, 2.75) is 31.9 Å². The Morgan fingerprint density at radius 1 is 1.08 bits per heavy atom. The zero-order valence-corrected chi connectivity index (χ0v) is 21.4. The number of aromatic nitrogens is 3. The Morgan fingerprint density at radius 2 is 1.82 bits per heavy atom. The lowest BCUT2D eigenvalue weighted by molar-refractivity contribution is -0.140. The van der Waals surface area contributed by atoms with Gasteiger partial charge in [-0.25, -0.2) is 0 Å². The summed E-state index contributed by atoms with van der Waals surface area (Å²) in [4.78, 5) is 18.5. The van der Waals surface area contributed by atoms with Crippen molar-refractivity contribution in [2.24, 2.45) is 0 Å². The van der Waals surface area contributed by atoms with Crippen LogP contribution in [-0.2, 0) is 4.79 Å². The van der Waals surface area contributed by atoms with Crippen LogP contribution in [0.4, 0.5) is 4.39 Å². The van der Waals surface area contributed by atoms with Crippen LogP contribution in [0.1, 0.15) is 25.8 Å². The number of halogens is 1. The zero-order chi connectivity index (χ0) is 26.8. The molecular formula is C28H29FN4O5. The van der Waals surface area contributed by atoms with E-state index in [1.165, 1.54) is 26.2 Å². The molecule has 198 valence electrons. The van der Waals surface area contributed by atoms with Gasteiger partial charge in [0.1, 0.15) is 23.1 Å². The lowest BCUT2D eigenvalue weighted by Crippen LogP contribution is -2.44. The quantitative estimate of drug-likeness (QED) is 0.381. The summed E-state index contributed by atoms with van der Waals surface area (Å²) in [5, 5.41) is 15.6. The molecule has 10 heteroatoms. The maximum Gasteiger partial charge on any atom is 0.251 e. The van der Waals surface area contributed by atoms with Crippen LogP contribution in [0.15, 0.2) is 54.9 Å². The van der Waals surface area contributed by atoms with Crippen LogP contribution >= 0.6 is 0 Å². The van der Waals surface area contributed by atoms with E-state index in [4.69, 9.17) is 19.3 Å². The van der Waals surface area contributed by atoms with E-state index in [2.05, 4.69) is 4.98 Å². The van der Waals surface area contributed by atoms with Gasteiger partial charge in [0.25, 0.3) is 5.91 Å². The van der Waals surface area contributed by atoms with E-state index in [1.807, 2.05) is 16.8 Å². The van der Waals surface area contributed by atoms with Gasteiger partial charge in [-0.15, -0.1) is 0 Å². The van der Waals surface area contributed by atoms with E-state index >= 15 is 0 Å². The molecule has 5 rings (SSSR count). The monoisotopic (exact) mass is 520 g/mol. The Morgan fingerprint density at radius 3 is 2.53 bits per heavy atom. The second-order valence-corrected chi connectivity index (χ2v) is 9.19. The third-order valence-electron chi connectivity index (χ3n) is 6.71. The highest BCUT2D eigenvalue weighted by atomic mass is 19.1. The minimum atomic E-state index is -1.05. The fourth-order valence-corrected chi connectivity index (χ4v) is 4.84. The molecule has 4 aromatic rings. The number of benzene rings is 2. The minimum Gasteiger partial charge on any atom is -0.494 e. The van der Waals surface area contributed by atoms with Gasteiger partial charge in [-0.2, -0.15) is 9.49 Å². The van der Waals surface area contributed by atoms with Gasteiger partial charge < -0.3 is 24.2 Å². The first-order valence-corrected chi connectivity index (χ1v) is 12.4. The number of likely N-dealkylation sites (tertiary alicyclic amines) is 1. The SMILES string of the molecule is COc1cccc(Oc2ccc(-c3nn([C@@H]4CCCN(C(=O)C(C)O)C4)c4c(OC)cncc34)cc2)c1F. The van der Waals surface area contributed by atoms with Crippen molar-refractivity contribution in [1.82, 2.24) is 19.7 Å². The Kier molecular flexibility index (Phi) is 7.15. The van der Waals surface area contributed by atoms with Gasteiger partial charge in [-0.05, 0) is 56.2 Å². The van der Waals surface area contributed by atoms with Crippen molar-refractivity contribution in [3.8, 4) is 34.3 Å². The van der Waals surface area contributed by atoms with Gasteiger partial charge in [-0.3, -0.25) is 14.5 Å². The number of amides is 1. The third kappa shape index (κ3) is 4.74. The largest absolute Gasteiger partial charge is 0.494 e. The number of methoxy groups -OCH3 is 2. The molecule has 3 heterocycles. The number of carbonyl (C=O) groups excluding carboxylic acids is 1. The zero-order valence-electron chi connectivity index (χ0n) is 21.4. The van der Waals surface area contributed by atoms with E-state index in [9.17, 15) is 14.3 Å². The summed E-state index contributed by atoms with van der Waals surface area (Å²) >= 11 is 0. The Hall–Kier alpha value is -4.18. The molecule has 1 aliphatic rings. The van der Waals surface area contributed by atoms with Crippen molar-refractivity contribution in [2.75, 3.05) is 27.3 Å². The lowest BCUT2D eigenvalue weighted by Gasteiger charge is -2.34. The van der Waals surface area contributed by atoms with Crippen LogP contribution in [0, 0.1) is 5.82 Å². The van der Waals surface area contributed by atoms with Crippen LogP contribution in [0.5, 0.6) is 23.0 Å². The number of ether oxygens (including phenoxy) is 3. The van der Waals surface area contributed by atoms with Gasteiger partial charge in [0, 0.05) is 24.8 Å². The van der Waals surface area contributed by atoms with E-state index in [-0.39, 0.29) is 23.4 Å². The van der Waals surface area contributed by atoms with Crippen molar-refractivity contribution in [3.05, 3.63) is 60.7 Å². The number of rotatable bonds is 7. The molecule has 1 fully saturated rings. The summed E-state index contributed by atoms with van der Waals surface area (Å²) in [6, 6.07) is 11.8. The minimum absolute atomic E-state index is 0.0642. The molecule has 1 N–H and O–H groups in total. The molecule has 0 saturated carbocycles. The molecule has 0 aliphatic carbocycles. The van der Waals surface area contributed by atoms with Crippen molar-refractivity contribution < 1.29 is 28.5 Å². The smallest absolute Gasteiger partial charge is 0.251 e. The van der Waals surface area contributed by atoms with Gasteiger partial charge in [0.05, 0.1) is 31.8 Å². The molecule has 0 radical (unpaired) electrons. The van der Waals surface area contributed by atoms with E-state index in [1.54, 1.807) is 42.6 Å². The number of aliphatic hydroxyl groups excluding tert-OH is 1. The summed E-state index contributed by atoms with van der Waals surface area (Å²) in [5.74, 6) is 0.345. The summed E-state index contributed by atoms with van der Waals surface area (Å²) in [5.41, 5.74) is 2.30. The summed E-state index contributed by atoms with van der Waals surface area (Å²) in [6.45, 7) is 2.52. The van der Waals surface area contributed by atoms with Crippen molar-refractivity contribution in [3.63, 3.8) is 0 Å². The fourth-order valence-electron chi connectivity index (χ4n) is 4.84. The Labute approximate surface area is 219 Å². The average molecular weight is 521 g/mol. The maximum atomic E-state index is 14.5. The molecule has 2 aromatic heterocycles. The topological polar surface area (TPSA) is 98.9 Å². The number of hydrogen-bond donors (Lipinski definition) is 1. The molecule has 1 aliphatic heterocycles. The normalized spacial score (nSPS) is 16.3. The molecule has 1 saturated heterocycles. The first-order valence-electron chi connectivity index (χ1n) is 12.4. The molecule has 1 unspecified atom stereocenters. The van der Waals surface area contributed by atoms with E-state index in [0.717, 1.165) is 29.3 Å². The number of hydrogen-bond acceptors (Lipinski definition) is 7. The summed E-state index contributed by atoms with van der Waals surface area (Å²) < 4.78 is 32.8. The van der Waals surface area contributed by atoms with E-state index < -0.39 is 11.9 Å². The van der Waals surface area contributed by atoms with Crippen LogP contribution in [0.3, 0.4) is 0 Å². The summed E-state index contributed by atoms with van der Waals surface area (Å²) in [6.07, 6.45) is 3.95. The predicted octanol–water partition coefficient (Wildman–Crippen LogP) is 4.59. The molecular weight excluding hydrogens is 491 g/mol. The molecule has 1 amide bonds. The number of carbonyl (C=O) groups is 1. The molecule has 2 atom stereocenters. The fraction of sp³-hybridized carbons (Fsp3) is 0.321. The lowest BCUT2D eigenvalue weighted by atomic mass is 10.0. The predicted molar refractivity (Wildman–Crippen MR) is 139 cm³/mol. The first-order chi connectivity index (χ1) is 18.4. The second kappa shape index (κ2) is 10.7. The van der Waals surface area contributed by atoms with Crippen LogP contribution in [0.2, 0.25) is 0 Å². The van der Waals surface area contributed by atoms with Crippen LogP contribution in [0.25, 0.3) is 22.2 Å². The number of piperidine rings is 1. The maximum absolute atomic E-state index is 14.5. The Bertz CT molecular complexity index is 1450. The summed E-state index contributed by atoms with van der Waals surface area (Å²) in [7, 11) is 2.99. The third-order valence-corrected chi connectivity index (χ3v) is 6.71. The van der Waals surface area contributed by atoms with Gasteiger partial charge >= 0.3 is 0 Å². The molecule has 38 heavy (non-hydrogen) atoms. The number of aliphatic hydroxyl groups is 1. The number of fused-ring (bicyclic) bond motifs is 1. The number of pyridine rings is 1. The standard InChI is InChI=1S/C28H29FN4O5/c1-17(34)28(35)32-13-5-6-19(16-32)33-27-21(14-30-15-24(27)37-3)26(31-33)18-9-11-20(12-10-18)38-23-8-4-7-22(36-2)25(23)29/h4,7-12,14-15,17,19,34H,5-6,13,16H2,1-3H3/t17?,19-/m1/s1. The van der Waals surface area contributed by atoms with E-state index in [0.29, 0.717) is 30.3 Å². The Balaban J connectivity index is 1.49. The molecule has 0 spiro atoms. The van der Waals surface area contributed by atoms with Crippen molar-refractivity contribution >= 4 is 16.8 Å². The first kappa shape index (κ1) is 25.5. The van der Waals surface area contributed by atoms with Gasteiger partial charge in [-0.1, -0.05) is 6.07 Å². The molecule has 2 aromatic carbocycles.